The van der Waals surface area contributed by atoms with Gasteiger partial charge in [-0.25, -0.2) is 0 Å². The first-order valence-electron chi connectivity index (χ1n) is 13.6. The van der Waals surface area contributed by atoms with Gasteiger partial charge in [-0.3, -0.25) is 19.2 Å². The lowest BCUT2D eigenvalue weighted by molar-refractivity contribution is -0.172. The molecule has 1 fully saturated rings. The molecule has 2 atom stereocenters. The molecule has 8 heteroatoms. The smallest absolute Gasteiger partial charge is 0.164 e. The summed E-state index contributed by atoms with van der Waals surface area (Å²) in [5.74, 6) is -1.30. The summed E-state index contributed by atoms with van der Waals surface area (Å²) >= 11 is 0. The molecule has 8 nitrogen and oxygen atoms in total. The summed E-state index contributed by atoms with van der Waals surface area (Å²) in [6, 6.07) is 25.3. The van der Waals surface area contributed by atoms with Gasteiger partial charge in [0.2, 0.25) is 0 Å². The van der Waals surface area contributed by atoms with Gasteiger partial charge in [-0.2, -0.15) is 0 Å². The molecule has 43 heavy (non-hydrogen) atoms. The lowest BCUT2D eigenvalue weighted by atomic mass is 9.71. The van der Waals surface area contributed by atoms with Crippen LogP contribution in [-0.2, 0) is 20.7 Å². The highest BCUT2D eigenvalue weighted by molar-refractivity contribution is 5.76. The van der Waals surface area contributed by atoms with Gasteiger partial charge in [0, 0.05) is 22.3 Å². The number of aliphatic hydroxyl groups is 2. The van der Waals surface area contributed by atoms with Gasteiger partial charge >= 0.3 is 0 Å². The summed E-state index contributed by atoms with van der Waals surface area (Å²) in [5.41, 5.74) is -0.968. The third kappa shape index (κ3) is 5.37. The molecule has 4 aromatic rings. The maximum Gasteiger partial charge on any atom is 0.164 e. The minimum absolute atomic E-state index is 0.350. The molecule has 218 valence electrons. The largest absolute Gasteiger partial charge is 0.378 e. The molecular weight excluding hydrogens is 548 g/mol. The molecule has 4 aromatic carbocycles. The van der Waals surface area contributed by atoms with Gasteiger partial charge in [-0.15, -0.1) is 0 Å². The maximum absolute atomic E-state index is 12.8. The van der Waals surface area contributed by atoms with Crippen molar-refractivity contribution < 1.29 is 38.9 Å². The molecule has 1 saturated heterocycles. The van der Waals surface area contributed by atoms with E-state index in [-0.39, 0.29) is 0 Å². The van der Waals surface area contributed by atoms with Crippen molar-refractivity contribution in [3.8, 4) is 0 Å². The Labute approximate surface area is 248 Å². The Balaban J connectivity index is 1.77. The van der Waals surface area contributed by atoms with Crippen LogP contribution in [0.3, 0.4) is 0 Å². The van der Waals surface area contributed by atoms with Gasteiger partial charge < -0.3 is 19.7 Å². The van der Waals surface area contributed by atoms with Gasteiger partial charge in [0.25, 0.3) is 0 Å². The average Bonchev–Trinajstić information content (AvgIpc) is 3.40. The molecule has 0 bridgehead atoms. The average molecular weight is 579 g/mol. The van der Waals surface area contributed by atoms with Crippen LogP contribution >= 0.6 is 0 Å². The van der Waals surface area contributed by atoms with Gasteiger partial charge in [0.15, 0.2) is 5.79 Å². The zero-order valence-electron chi connectivity index (χ0n) is 23.5. The zero-order chi connectivity index (χ0) is 30.8. The molecule has 0 aromatic heterocycles. The second-order valence-electron chi connectivity index (χ2n) is 11.0. The number of benzene rings is 4. The van der Waals surface area contributed by atoms with Crippen molar-refractivity contribution in [3.63, 3.8) is 0 Å². The van der Waals surface area contributed by atoms with Crippen LogP contribution < -0.4 is 0 Å². The lowest BCUT2D eigenvalue weighted by Crippen LogP contribution is -2.55. The van der Waals surface area contributed by atoms with E-state index in [1.807, 2.05) is 0 Å². The lowest BCUT2D eigenvalue weighted by Gasteiger charge is -2.42. The Kier molecular flexibility index (Phi) is 8.05. The molecule has 0 aliphatic carbocycles. The van der Waals surface area contributed by atoms with Crippen molar-refractivity contribution >= 4 is 25.1 Å². The standard InChI is InChI=1S/C35H30O8/c1-33(2)42-31(34(40,27-11-3-23(19-36)4-12-27)28-13-5-24(20-37)6-14-28)32(43-33)35(41,29-15-7-25(21-38)8-16-29)30-17-9-26(22-39)10-18-30/h3-22,31-32,40-41H,1-2H3/t31-,32-/m1/s1. The fourth-order valence-electron chi connectivity index (χ4n) is 5.63. The highest BCUT2D eigenvalue weighted by atomic mass is 16.8. The summed E-state index contributed by atoms with van der Waals surface area (Å²) in [4.78, 5) is 45.7. The Morgan fingerprint density at radius 2 is 0.698 bits per heavy atom. The van der Waals surface area contributed by atoms with Crippen LogP contribution in [0.25, 0.3) is 0 Å². The fraction of sp³-hybridized carbons (Fsp3) is 0.200. The maximum atomic E-state index is 12.8. The highest BCUT2D eigenvalue weighted by Crippen LogP contribution is 2.50. The van der Waals surface area contributed by atoms with Crippen molar-refractivity contribution in [2.75, 3.05) is 0 Å². The van der Waals surface area contributed by atoms with Crippen molar-refractivity contribution in [2.45, 2.75) is 43.0 Å². The number of carbonyl (C=O) groups is 4. The number of carbonyl (C=O) groups excluding carboxylic acids is 4. The van der Waals surface area contributed by atoms with Crippen molar-refractivity contribution in [2.24, 2.45) is 0 Å². The zero-order valence-corrected chi connectivity index (χ0v) is 23.5. The fourth-order valence-corrected chi connectivity index (χ4v) is 5.63. The first-order chi connectivity index (χ1) is 20.6. The third-order valence-corrected chi connectivity index (χ3v) is 7.87. The van der Waals surface area contributed by atoms with Crippen LogP contribution in [0, 0.1) is 0 Å². The minimum atomic E-state index is -1.97. The van der Waals surface area contributed by atoms with Crippen LogP contribution in [0.4, 0.5) is 0 Å². The Morgan fingerprint density at radius 3 is 0.884 bits per heavy atom. The van der Waals surface area contributed by atoms with E-state index in [2.05, 4.69) is 0 Å². The summed E-state index contributed by atoms with van der Waals surface area (Å²) in [5, 5.41) is 25.6. The van der Waals surface area contributed by atoms with Crippen molar-refractivity contribution in [3.05, 3.63) is 142 Å². The molecule has 2 N–H and O–H groups in total. The van der Waals surface area contributed by atoms with Crippen LogP contribution in [0.5, 0.6) is 0 Å². The first-order valence-corrected chi connectivity index (χ1v) is 13.6. The van der Waals surface area contributed by atoms with E-state index in [4.69, 9.17) is 9.47 Å². The normalized spacial score (nSPS) is 18.1. The number of aldehydes is 4. The Bertz CT molecular complexity index is 1400. The summed E-state index contributed by atoms with van der Waals surface area (Å²) < 4.78 is 12.9. The van der Waals surface area contributed by atoms with Crippen LogP contribution in [0.15, 0.2) is 97.1 Å². The van der Waals surface area contributed by atoms with Gasteiger partial charge in [-0.05, 0) is 36.1 Å². The molecule has 0 radical (unpaired) electrons. The molecule has 1 aliphatic heterocycles. The van der Waals surface area contributed by atoms with Gasteiger partial charge in [-0.1, -0.05) is 97.1 Å². The van der Waals surface area contributed by atoms with Gasteiger partial charge in [0.1, 0.15) is 48.6 Å². The third-order valence-electron chi connectivity index (χ3n) is 7.87. The van der Waals surface area contributed by atoms with E-state index in [9.17, 15) is 29.4 Å². The number of hydrogen-bond acceptors (Lipinski definition) is 8. The number of hydrogen-bond donors (Lipinski definition) is 2. The van der Waals surface area contributed by atoms with Crippen LogP contribution in [0.1, 0.15) is 77.5 Å². The number of rotatable bonds is 10. The van der Waals surface area contributed by atoms with E-state index >= 15 is 0 Å². The topological polar surface area (TPSA) is 127 Å². The predicted molar refractivity (Wildman–Crippen MR) is 157 cm³/mol. The van der Waals surface area contributed by atoms with E-state index < -0.39 is 29.2 Å². The highest BCUT2D eigenvalue weighted by Gasteiger charge is 2.61. The summed E-state index contributed by atoms with van der Waals surface area (Å²) in [6.45, 7) is 3.33. The quantitative estimate of drug-likeness (QED) is 0.261. The molecule has 1 aliphatic rings. The second kappa shape index (κ2) is 11.6. The Morgan fingerprint density at radius 1 is 0.488 bits per heavy atom. The van der Waals surface area contributed by atoms with Crippen LogP contribution in [-0.4, -0.2) is 53.4 Å². The van der Waals surface area contributed by atoms with E-state index in [0.29, 0.717) is 69.7 Å². The monoisotopic (exact) mass is 578 g/mol. The number of ether oxygens (including phenoxy) is 2. The van der Waals surface area contributed by atoms with E-state index in [0.717, 1.165) is 0 Å². The summed E-state index contributed by atoms with van der Waals surface area (Å²) in [6.07, 6.45) is 0.212. The van der Waals surface area contributed by atoms with Crippen molar-refractivity contribution in [1.29, 1.82) is 0 Å². The molecule has 5 rings (SSSR count). The molecule has 0 unspecified atom stereocenters. The van der Waals surface area contributed by atoms with Gasteiger partial charge in [0.05, 0.1) is 0 Å². The molecule has 1 heterocycles. The minimum Gasteiger partial charge on any atom is -0.378 e. The Hall–Kier alpha value is -4.60. The predicted octanol–water partition coefficient (Wildman–Crippen LogP) is 4.63. The first kappa shape index (κ1) is 29.9. The van der Waals surface area contributed by atoms with E-state index in [1.165, 1.54) is 0 Å². The SMILES string of the molecule is CC1(C)O[C@@H](C(O)(c2ccc(C=O)cc2)c2ccc(C=O)cc2)[C@H](C(O)(c2ccc(C=O)cc2)c2ccc(C=O)cc2)O1. The molecule has 0 saturated carbocycles. The summed E-state index contributed by atoms with van der Waals surface area (Å²) in [7, 11) is 0. The second-order valence-corrected chi connectivity index (χ2v) is 11.0. The van der Waals surface area contributed by atoms with Crippen LogP contribution in [0.2, 0.25) is 0 Å². The van der Waals surface area contributed by atoms with E-state index in [1.54, 1.807) is 111 Å². The molecule has 0 amide bonds. The molecular formula is C35H30O8. The molecule has 0 spiro atoms. The van der Waals surface area contributed by atoms with Crippen molar-refractivity contribution in [1.82, 2.24) is 0 Å².